The quantitative estimate of drug-likeness (QED) is 0.670. The first-order valence-corrected chi connectivity index (χ1v) is 10.1. The zero-order valence-corrected chi connectivity index (χ0v) is 16.4. The van der Waals surface area contributed by atoms with Crippen LogP contribution < -0.4 is 0 Å². The number of pyridine rings is 1. The topological polar surface area (TPSA) is 39.2 Å². The number of hydrogen-bond donors (Lipinski definition) is 0. The number of carbonyl (C=O) groups excluding carboxylic acids is 1. The molecule has 0 saturated heterocycles. The van der Waals surface area contributed by atoms with Gasteiger partial charge in [-0.1, -0.05) is 0 Å². The van der Waals surface area contributed by atoms with Crippen LogP contribution in [0.5, 0.6) is 0 Å². The van der Waals surface area contributed by atoms with Gasteiger partial charge in [0.25, 0.3) is 0 Å². The lowest BCUT2D eigenvalue weighted by Gasteiger charge is -2.30. The molecule has 0 N–H and O–H groups in total. The summed E-state index contributed by atoms with van der Waals surface area (Å²) in [4.78, 5) is 16.8. The second-order valence-electron chi connectivity index (χ2n) is 8.86. The highest BCUT2D eigenvalue weighted by atomic mass is 19.1. The molecule has 4 atom stereocenters. The molecular weight excluding hydrogens is 341 g/mol. The van der Waals surface area contributed by atoms with Crippen LogP contribution in [0.25, 0.3) is 10.9 Å². The molecule has 4 rings (SSSR count). The van der Waals surface area contributed by atoms with Crippen molar-refractivity contribution in [3.05, 3.63) is 41.8 Å². The number of carbonyl (C=O) groups is 1. The molecule has 2 aliphatic carbocycles. The van der Waals surface area contributed by atoms with Crippen molar-refractivity contribution in [2.75, 3.05) is 6.61 Å². The van der Waals surface area contributed by atoms with Crippen LogP contribution in [0, 0.1) is 29.0 Å². The van der Waals surface area contributed by atoms with E-state index in [0.717, 1.165) is 36.6 Å². The van der Waals surface area contributed by atoms with Gasteiger partial charge in [0.15, 0.2) is 0 Å². The third kappa shape index (κ3) is 3.24. The Morgan fingerprint density at radius 3 is 2.56 bits per heavy atom. The van der Waals surface area contributed by atoms with Crippen molar-refractivity contribution >= 4 is 16.9 Å². The Kier molecular flexibility index (Phi) is 4.69. The first-order chi connectivity index (χ1) is 12.9. The molecule has 1 heterocycles. The van der Waals surface area contributed by atoms with Gasteiger partial charge in [0.05, 0.1) is 17.5 Å². The van der Waals surface area contributed by atoms with Gasteiger partial charge in [-0.15, -0.1) is 0 Å². The monoisotopic (exact) mass is 369 g/mol. The van der Waals surface area contributed by atoms with Crippen LogP contribution >= 0.6 is 0 Å². The Morgan fingerprint density at radius 2 is 1.89 bits per heavy atom. The van der Waals surface area contributed by atoms with Gasteiger partial charge >= 0.3 is 5.97 Å². The summed E-state index contributed by atoms with van der Waals surface area (Å²) in [6.45, 7) is 6.38. The molecule has 27 heavy (non-hydrogen) atoms. The lowest BCUT2D eigenvalue weighted by Crippen LogP contribution is -2.34. The average molecular weight is 369 g/mol. The van der Waals surface area contributed by atoms with Crippen molar-refractivity contribution in [1.29, 1.82) is 0 Å². The van der Waals surface area contributed by atoms with E-state index in [1.807, 2.05) is 27.0 Å². The van der Waals surface area contributed by atoms with Gasteiger partial charge in [-0.3, -0.25) is 9.78 Å². The zero-order valence-electron chi connectivity index (χ0n) is 16.4. The van der Waals surface area contributed by atoms with Crippen LogP contribution in [0.1, 0.15) is 57.9 Å². The third-order valence-corrected chi connectivity index (χ3v) is 7.02. The van der Waals surface area contributed by atoms with E-state index in [1.54, 1.807) is 12.1 Å². The van der Waals surface area contributed by atoms with Gasteiger partial charge in [-0.05, 0) is 100.0 Å². The summed E-state index contributed by atoms with van der Waals surface area (Å²) in [6, 6.07) is 6.93. The van der Waals surface area contributed by atoms with Crippen molar-refractivity contribution in [1.82, 2.24) is 4.98 Å². The molecule has 0 aliphatic heterocycles. The normalized spacial score (nSPS) is 27.7. The lowest BCUT2D eigenvalue weighted by molar-refractivity contribution is -0.156. The summed E-state index contributed by atoms with van der Waals surface area (Å²) >= 11 is 0. The van der Waals surface area contributed by atoms with Gasteiger partial charge in [0.1, 0.15) is 5.82 Å². The maximum absolute atomic E-state index is 13.8. The molecule has 0 amide bonds. The van der Waals surface area contributed by atoms with Crippen molar-refractivity contribution < 1.29 is 13.9 Å². The molecule has 2 aromatic rings. The van der Waals surface area contributed by atoms with Gasteiger partial charge in [0.2, 0.25) is 0 Å². The Hall–Kier alpha value is -1.97. The Morgan fingerprint density at radius 1 is 1.19 bits per heavy atom. The number of fused-ring (bicyclic) bond motifs is 2. The third-order valence-electron chi connectivity index (χ3n) is 7.02. The van der Waals surface area contributed by atoms with Crippen LogP contribution in [-0.2, 0) is 9.53 Å². The number of halogens is 1. The largest absolute Gasteiger partial charge is 0.466 e. The average Bonchev–Trinajstić information content (AvgIpc) is 3.20. The molecule has 1 aromatic carbocycles. The van der Waals surface area contributed by atoms with E-state index in [4.69, 9.17) is 4.74 Å². The zero-order chi connectivity index (χ0) is 19.2. The van der Waals surface area contributed by atoms with E-state index >= 15 is 0 Å². The Labute approximate surface area is 160 Å². The van der Waals surface area contributed by atoms with Gasteiger partial charge in [0, 0.05) is 11.6 Å². The number of nitrogens with zero attached hydrogens (tertiary/aromatic N) is 1. The molecule has 1 aromatic heterocycles. The highest BCUT2D eigenvalue weighted by molar-refractivity contribution is 5.82. The highest BCUT2D eigenvalue weighted by Gasteiger charge is 2.49. The molecule has 3 nitrogen and oxygen atoms in total. The number of rotatable bonds is 4. The van der Waals surface area contributed by atoms with Crippen LogP contribution in [-0.4, -0.2) is 17.6 Å². The molecular formula is C23H28FNO2. The second kappa shape index (κ2) is 6.88. The molecule has 0 radical (unpaired) electrons. The van der Waals surface area contributed by atoms with Crippen molar-refractivity contribution in [2.24, 2.45) is 23.2 Å². The van der Waals surface area contributed by atoms with Crippen molar-refractivity contribution in [3.63, 3.8) is 0 Å². The number of hydrogen-bond acceptors (Lipinski definition) is 3. The van der Waals surface area contributed by atoms with Gasteiger partial charge in [-0.25, -0.2) is 4.39 Å². The maximum atomic E-state index is 13.8. The first-order valence-electron chi connectivity index (χ1n) is 10.1. The van der Waals surface area contributed by atoms with E-state index < -0.39 is 5.41 Å². The van der Waals surface area contributed by atoms with Crippen molar-refractivity contribution in [2.45, 2.75) is 52.4 Å². The summed E-state index contributed by atoms with van der Waals surface area (Å²) in [6.07, 6.45) is 6.26. The second-order valence-corrected chi connectivity index (χ2v) is 8.86. The summed E-state index contributed by atoms with van der Waals surface area (Å²) in [5.74, 6) is 1.86. The SMILES string of the molecule is CCOC(=O)C(C)(C)[C@H]1C[C@H]2C[C@@H](c3ccnc4ccc(F)cc34)C[C@H]2C1. The number of ether oxygens (including phenoxy) is 1. The van der Waals surface area contributed by atoms with E-state index in [9.17, 15) is 9.18 Å². The Bertz CT molecular complexity index is 849. The molecule has 2 saturated carbocycles. The Balaban J connectivity index is 1.51. The predicted octanol–water partition coefficient (Wildman–Crippen LogP) is 5.48. The fourth-order valence-electron chi connectivity index (χ4n) is 5.44. The van der Waals surface area contributed by atoms with Crippen molar-refractivity contribution in [3.8, 4) is 0 Å². The first kappa shape index (κ1) is 18.4. The summed E-state index contributed by atoms with van der Waals surface area (Å²) in [5.41, 5.74) is 1.69. The minimum absolute atomic E-state index is 0.0675. The van der Waals surface area contributed by atoms with Gasteiger partial charge < -0.3 is 4.74 Å². The van der Waals surface area contributed by atoms with Crippen LogP contribution in [0.15, 0.2) is 30.5 Å². The van der Waals surface area contributed by atoms with Crippen LogP contribution in [0.4, 0.5) is 4.39 Å². The van der Waals surface area contributed by atoms with E-state index in [2.05, 4.69) is 11.1 Å². The lowest BCUT2D eigenvalue weighted by atomic mass is 9.76. The summed E-state index contributed by atoms with van der Waals surface area (Å²) in [5, 5.41) is 0.950. The smallest absolute Gasteiger partial charge is 0.311 e. The van der Waals surface area contributed by atoms with E-state index in [1.165, 1.54) is 11.6 Å². The molecule has 0 unspecified atom stereocenters. The highest BCUT2D eigenvalue weighted by Crippen LogP contribution is 2.56. The number of esters is 1. The number of benzene rings is 1. The van der Waals surface area contributed by atoms with E-state index in [0.29, 0.717) is 30.3 Å². The molecule has 2 aliphatic rings. The minimum Gasteiger partial charge on any atom is -0.466 e. The van der Waals surface area contributed by atoms with Crippen LogP contribution in [0.3, 0.4) is 0 Å². The van der Waals surface area contributed by atoms with Gasteiger partial charge in [-0.2, -0.15) is 0 Å². The number of aromatic nitrogens is 1. The summed E-state index contributed by atoms with van der Waals surface area (Å²) in [7, 11) is 0. The fourth-order valence-corrected chi connectivity index (χ4v) is 5.44. The standard InChI is InChI=1S/C23H28FNO2/c1-4-27-22(26)23(2,3)17-11-14-9-16(10-15(14)12-17)19-7-8-25-21-6-5-18(24)13-20(19)21/h5-8,13-17H,4,9-12H2,1-3H3/t14-,15+,16-,17+. The molecule has 4 heteroatoms. The fraction of sp³-hybridized carbons (Fsp3) is 0.565. The maximum Gasteiger partial charge on any atom is 0.311 e. The minimum atomic E-state index is -0.414. The van der Waals surface area contributed by atoms with E-state index in [-0.39, 0.29) is 11.8 Å². The molecule has 0 bridgehead atoms. The predicted molar refractivity (Wildman–Crippen MR) is 104 cm³/mol. The van der Waals surface area contributed by atoms with Crippen LogP contribution in [0.2, 0.25) is 0 Å². The summed E-state index contributed by atoms with van der Waals surface area (Å²) < 4.78 is 19.1. The molecule has 0 spiro atoms. The molecule has 2 fully saturated rings. The molecule has 144 valence electrons.